The third kappa shape index (κ3) is 2.47. The van der Waals surface area contributed by atoms with Crippen molar-refractivity contribution >= 4 is 11.7 Å². The lowest BCUT2D eigenvalue weighted by Crippen LogP contribution is -2.45. The quantitative estimate of drug-likeness (QED) is 0.874. The molecule has 3 unspecified atom stereocenters. The summed E-state index contributed by atoms with van der Waals surface area (Å²) in [5, 5.41) is 8.85. The van der Waals surface area contributed by atoms with E-state index >= 15 is 0 Å². The predicted octanol–water partition coefficient (Wildman–Crippen LogP) is 2.65. The minimum absolute atomic E-state index is 0.101. The summed E-state index contributed by atoms with van der Waals surface area (Å²) >= 11 is 0. The molecule has 4 heteroatoms. The van der Waals surface area contributed by atoms with Crippen LogP contribution in [0.4, 0.5) is 5.69 Å². The number of rotatable bonds is 2. The zero-order valence-corrected chi connectivity index (χ0v) is 11.1. The average Bonchev–Trinajstić information content (AvgIpc) is 2.34. The van der Waals surface area contributed by atoms with Crippen molar-refractivity contribution in [1.82, 2.24) is 4.98 Å². The Morgan fingerprint density at radius 1 is 1.39 bits per heavy atom. The van der Waals surface area contributed by atoms with Crippen LogP contribution in [0.2, 0.25) is 0 Å². The Labute approximate surface area is 108 Å². The number of carboxylic acid groups (broad SMARTS) is 1. The van der Waals surface area contributed by atoms with Gasteiger partial charge >= 0.3 is 5.97 Å². The Balaban J connectivity index is 2.21. The van der Waals surface area contributed by atoms with Crippen LogP contribution in [0.5, 0.6) is 0 Å². The second-order valence-electron chi connectivity index (χ2n) is 5.42. The first-order valence-electron chi connectivity index (χ1n) is 6.45. The molecule has 0 spiro atoms. The maximum atomic E-state index is 10.8. The van der Waals surface area contributed by atoms with Crippen LogP contribution >= 0.6 is 0 Å². The molecule has 1 saturated heterocycles. The van der Waals surface area contributed by atoms with Crippen LogP contribution in [-0.4, -0.2) is 28.6 Å². The Hall–Kier alpha value is -1.58. The Morgan fingerprint density at radius 3 is 2.67 bits per heavy atom. The molecule has 3 atom stereocenters. The third-order valence-electron chi connectivity index (χ3n) is 3.90. The summed E-state index contributed by atoms with van der Waals surface area (Å²) in [6, 6.07) is 3.91. The molecule has 1 aromatic heterocycles. The number of hydrogen-bond donors (Lipinski definition) is 1. The molecule has 1 fully saturated rings. The normalized spacial score (nSPS) is 28.2. The standard InChI is InChI=1S/C14H20N2O2/c1-9-6-10(2)11(3)16(8-9)12-4-5-13(14(17)18)15-7-12/h4-5,7,9-11H,6,8H2,1-3H3,(H,17,18). The van der Waals surface area contributed by atoms with E-state index in [4.69, 9.17) is 5.11 Å². The molecule has 0 amide bonds. The lowest BCUT2D eigenvalue weighted by molar-refractivity contribution is 0.0690. The van der Waals surface area contributed by atoms with Crippen molar-refractivity contribution in [2.45, 2.75) is 33.2 Å². The second-order valence-corrected chi connectivity index (χ2v) is 5.42. The zero-order valence-electron chi connectivity index (χ0n) is 11.1. The zero-order chi connectivity index (χ0) is 13.3. The fraction of sp³-hybridized carbons (Fsp3) is 0.571. The van der Waals surface area contributed by atoms with Gasteiger partial charge in [0.15, 0.2) is 0 Å². The topological polar surface area (TPSA) is 53.4 Å². The number of carbonyl (C=O) groups is 1. The molecule has 98 valence electrons. The molecule has 0 bridgehead atoms. The molecule has 0 aliphatic carbocycles. The minimum atomic E-state index is -0.977. The Morgan fingerprint density at radius 2 is 2.11 bits per heavy atom. The van der Waals surface area contributed by atoms with Gasteiger partial charge in [-0.15, -0.1) is 0 Å². The van der Waals surface area contributed by atoms with E-state index in [1.165, 1.54) is 6.42 Å². The van der Waals surface area contributed by atoms with Gasteiger partial charge in [0.1, 0.15) is 5.69 Å². The Kier molecular flexibility index (Phi) is 3.55. The van der Waals surface area contributed by atoms with Crippen LogP contribution in [0.25, 0.3) is 0 Å². The van der Waals surface area contributed by atoms with Gasteiger partial charge in [0.05, 0.1) is 11.9 Å². The molecule has 2 heterocycles. The number of nitrogens with zero attached hydrogens (tertiary/aromatic N) is 2. The summed E-state index contributed by atoms with van der Waals surface area (Å²) in [5.74, 6) is 0.332. The van der Waals surface area contributed by atoms with Gasteiger partial charge < -0.3 is 10.0 Å². The first-order valence-corrected chi connectivity index (χ1v) is 6.45. The van der Waals surface area contributed by atoms with Crippen molar-refractivity contribution < 1.29 is 9.90 Å². The summed E-state index contributed by atoms with van der Waals surface area (Å²) in [7, 11) is 0. The number of anilines is 1. The van der Waals surface area contributed by atoms with Gasteiger partial charge in [-0.3, -0.25) is 0 Å². The van der Waals surface area contributed by atoms with Gasteiger partial charge in [0.25, 0.3) is 0 Å². The summed E-state index contributed by atoms with van der Waals surface area (Å²) in [6.07, 6.45) is 2.92. The highest BCUT2D eigenvalue weighted by Crippen LogP contribution is 2.30. The first-order chi connectivity index (χ1) is 8.49. The highest BCUT2D eigenvalue weighted by molar-refractivity contribution is 5.85. The minimum Gasteiger partial charge on any atom is -0.477 e. The predicted molar refractivity (Wildman–Crippen MR) is 70.9 cm³/mol. The van der Waals surface area contributed by atoms with Crippen molar-refractivity contribution in [3.8, 4) is 0 Å². The van der Waals surface area contributed by atoms with E-state index in [-0.39, 0.29) is 5.69 Å². The van der Waals surface area contributed by atoms with Crippen molar-refractivity contribution in [3.05, 3.63) is 24.0 Å². The molecule has 2 rings (SSSR count). The van der Waals surface area contributed by atoms with Gasteiger partial charge in [-0.25, -0.2) is 9.78 Å². The SMILES string of the molecule is CC1CC(C)C(C)N(c2ccc(C(=O)O)nc2)C1. The summed E-state index contributed by atoms with van der Waals surface area (Å²) in [5.41, 5.74) is 1.12. The summed E-state index contributed by atoms with van der Waals surface area (Å²) < 4.78 is 0. The van der Waals surface area contributed by atoms with Crippen molar-refractivity contribution in [2.24, 2.45) is 11.8 Å². The van der Waals surface area contributed by atoms with Crippen LogP contribution in [0, 0.1) is 11.8 Å². The van der Waals surface area contributed by atoms with Gasteiger partial charge in [-0.1, -0.05) is 13.8 Å². The second kappa shape index (κ2) is 4.96. The molecule has 1 aliphatic rings. The molecule has 1 aliphatic heterocycles. The van der Waals surface area contributed by atoms with E-state index in [0.717, 1.165) is 12.2 Å². The number of carboxylic acids is 1. The van der Waals surface area contributed by atoms with Gasteiger partial charge in [-0.05, 0) is 37.3 Å². The maximum absolute atomic E-state index is 10.8. The molecule has 4 nitrogen and oxygen atoms in total. The number of aromatic carboxylic acids is 1. The van der Waals surface area contributed by atoms with Crippen molar-refractivity contribution in [1.29, 1.82) is 0 Å². The molecule has 18 heavy (non-hydrogen) atoms. The molecular formula is C14H20N2O2. The summed E-state index contributed by atoms with van der Waals surface area (Å²) in [4.78, 5) is 17.1. The molecular weight excluding hydrogens is 228 g/mol. The lowest BCUT2D eigenvalue weighted by atomic mass is 9.86. The first kappa shape index (κ1) is 12.9. The van der Waals surface area contributed by atoms with Gasteiger partial charge in [-0.2, -0.15) is 0 Å². The van der Waals surface area contributed by atoms with Crippen molar-refractivity contribution in [3.63, 3.8) is 0 Å². The van der Waals surface area contributed by atoms with Gasteiger partial charge in [0.2, 0.25) is 0 Å². The van der Waals surface area contributed by atoms with Crippen LogP contribution in [0.3, 0.4) is 0 Å². The average molecular weight is 248 g/mol. The molecule has 0 saturated carbocycles. The van der Waals surface area contributed by atoms with Crippen molar-refractivity contribution in [2.75, 3.05) is 11.4 Å². The van der Waals surface area contributed by atoms with E-state index in [1.807, 2.05) is 6.07 Å². The van der Waals surface area contributed by atoms with Crippen LogP contribution in [0.1, 0.15) is 37.7 Å². The van der Waals surface area contributed by atoms with Gasteiger partial charge in [0, 0.05) is 12.6 Å². The third-order valence-corrected chi connectivity index (χ3v) is 3.90. The molecule has 1 aromatic rings. The molecule has 0 radical (unpaired) electrons. The highest BCUT2D eigenvalue weighted by Gasteiger charge is 2.29. The fourth-order valence-electron chi connectivity index (χ4n) is 2.74. The Bertz CT molecular complexity index is 430. The highest BCUT2D eigenvalue weighted by atomic mass is 16.4. The largest absolute Gasteiger partial charge is 0.477 e. The smallest absolute Gasteiger partial charge is 0.354 e. The number of aromatic nitrogens is 1. The number of pyridine rings is 1. The van der Waals surface area contributed by atoms with E-state index in [0.29, 0.717) is 17.9 Å². The maximum Gasteiger partial charge on any atom is 0.354 e. The fourth-order valence-corrected chi connectivity index (χ4v) is 2.74. The van der Waals surface area contributed by atoms with E-state index in [1.54, 1.807) is 12.3 Å². The van der Waals surface area contributed by atoms with Crippen LogP contribution in [0.15, 0.2) is 18.3 Å². The number of hydrogen-bond acceptors (Lipinski definition) is 3. The summed E-state index contributed by atoms with van der Waals surface area (Å²) in [6.45, 7) is 7.77. The lowest BCUT2D eigenvalue weighted by Gasteiger charge is -2.42. The molecule has 1 N–H and O–H groups in total. The van der Waals surface area contributed by atoms with Crippen LogP contribution < -0.4 is 4.90 Å². The van der Waals surface area contributed by atoms with E-state index < -0.39 is 5.97 Å². The monoisotopic (exact) mass is 248 g/mol. The van der Waals surface area contributed by atoms with Crippen LogP contribution in [-0.2, 0) is 0 Å². The molecule has 0 aromatic carbocycles. The number of piperidine rings is 1. The van der Waals surface area contributed by atoms with E-state index in [2.05, 4.69) is 30.7 Å². The van der Waals surface area contributed by atoms with E-state index in [9.17, 15) is 4.79 Å².